The largest absolute Gasteiger partial charge is 0.324 e. The minimum absolute atomic E-state index is 0.133. The fourth-order valence-electron chi connectivity index (χ4n) is 3.55. The highest BCUT2D eigenvalue weighted by Gasteiger charge is 2.29. The van der Waals surface area contributed by atoms with E-state index in [4.69, 9.17) is 5.73 Å². The predicted molar refractivity (Wildman–Crippen MR) is 91.2 cm³/mol. The lowest BCUT2D eigenvalue weighted by Gasteiger charge is -2.40. The molecule has 1 fully saturated rings. The molecule has 21 heavy (non-hydrogen) atoms. The Morgan fingerprint density at radius 2 is 1.76 bits per heavy atom. The average Bonchev–Trinajstić information content (AvgIpc) is 2.47. The Labute approximate surface area is 130 Å². The molecule has 2 N–H and O–H groups in total. The van der Waals surface area contributed by atoms with Gasteiger partial charge in [-0.05, 0) is 49.6 Å². The van der Waals surface area contributed by atoms with Crippen molar-refractivity contribution in [2.45, 2.75) is 58.5 Å². The Kier molecular flexibility index (Phi) is 5.45. The topological polar surface area (TPSA) is 29.3 Å². The molecule has 1 aliphatic carbocycles. The smallest absolute Gasteiger partial charge is 0.0333 e. The highest BCUT2D eigenvalue weighted by Crippen LogP contribution is 2.37. The molecule has 1 aliphatic rings. The first kappa shape index (κ1) is 16.5. The van der Waals surface area contributed by atoms with Gasteiger partial charge in [-0.1, -0.05) is 51.1 Å². The van der Waals surface area contributed by atoms with E-state index in [2.05, 4.69) is 63.1 Å². The third kappa shape index (κ3) is 4.55. The second-order valence-electron chi connectivity index (χ2n) is 7.75. The fourth-order valence-corrected chi connectivity index (χ4v) is 3.55. The lowest BCUT2D eigenvalue weighted by molar-refractivity contribution is 0.113. The molecule has 0 heterocycles. The minimum atomic E-state index is 0.133. The van der Waals surface area contributed by atoms with Gasteiger partial charge in [-0.2, -0.15) is 0 Å². The summed E-state index contributed by atoms with van der Waals surface area (Å²) in [6, 6.07) is 11.4. The molecule has 2 unspecified atom stereocenters. The summed E-state index contributed by atoms with van der Waals surface area (Å²) in [4.78, 5) is 2.54. The highest BCUT2D eigenvalue weighted by atomic mass is 15.1. The fraction of sp³-hybridized carbons (Fsp3) is 0.684. The van der Waals surface area contributed by atoms with Crippen LogP contribution in [-0.2, 0) is 0 Å². The van der Waals surface area contributed by atoms with Crippen LogP contribution in [0, 0.1) is 11.3 Å². The maximum absolute atomic E-state index is 6.43. The molecule has 0 spiro atoms. The molecule has 0 amide bonds. The first-order valence-electron chi connectivity index (χ1n) is 8.40. The van der Waals surface area contributed by atoms with Crippen LogP contribution < -0.4 is 5.73 Å². The van der Waals surface area contributed by atoms with Gasteiger partial charge in [0.1, 0.15) is 0 Å². The van der Waals surface area contributed by atoms with Crippen LogP contribution in [-0.4, -0.2) is 24.5 Å². The average molecular weight is 288 g/mol. The highest BCUT2D eigenvalue weighted by molar-refractivity contribution is 5.19. The maximum Gasteiger partial charge on any atom is 0.0333 e. The second kappa shape index (κ2) is 6.93. The molecule has 2 rings (SSSR count). The Hall–Kier alpha value is -0.860. The van der Waals surface area contributed by atoms with E-state index in [0.717, 1.165) is 12.6 Å². The molecular formula is C19H32N2. The van der Waals surface area contributed by atoms with Crippen molar-refractivity contribution < 1.29 is 0 Å². The third-order valence-electron chi connectivity index (χ3n) is 5.31. The van der Waals surface area contributed by atoms with E-state index in [1.807, 2.05) is 0 Å². The van der Waals surface area contributed by atoms with Crippen molar-refractivity contribution in [1.29, 1.82) is 0 Å². The van der Waals surface area contributed by atoms with Crippen LogP contribution >= 0.6 is 0 Å². The van der Waals surface area contributed by atoms with E-state index in [0.29, 0.717) is 11.3 Å². The Morgan fingerprint density at radius 3 is 2.33 bits per heavy atom. The lowest BCUT2D eigenvalue weighted by Crippen LogP contribution is -2.41. The Morgan fingerprint density at radius 1 is 1.19 bits per heavy atom. The number of nitrogens with zero attached hydrogens (tertiary/aromatic N) is 1. The summed E-state index contributed by atoms with van der Waals surface area (Å²) in [6.45, 7) is 8.16. The lowest BCUT2D eigenvalue weighted by atomic mass is 9.75. The van der Waals surface area contributed by atoms with E-state index >= 15 is 0 Å². The standard InChI is InChI=1S/C19H32N2/c1-15(18(20)16-8-6-5-7-9-16)14-21(4)17-10-12-19(2,3)13-11-17/h5-9,15,17-18H,10-14,20H2,1-4H3. The van der Waals surface area contributed by atoms with Gasteiger partial charge in [-0.15, -0.1) is 0 Å². The van der Waals surface area contributed by atoms with Crippen molar-refractivity contribution >= 4 is 0 Å². The van der Waals surface area contributed by atoms with Crippen LogP contribution in [0.4, 0.5) is 0 Å². The summed E-state index contributed by atoms with van der Waals surface area (Å²) in [7, 11) is 2.28. The zero-order valence-corrected chi connectivity index (χ0v) is 14.2. The number of hydrogen-bond donors (Lipinski definition) is 1. The van der Waals surface area contributed by atoms with Crippen LogP contribution in [0.1, 0.15) is 58.1 Å². The summed E-state index contributed by atoms with van der Waals surface area (Å²) in [6.07, 6.45) is 5.36. The van der Waals surface area contributed by atoms with Gasteiger partial charge in [0.15, 0.2) is 0 Å². The number of benzene rings is 1. The van der Waals surface area contributed by atoms with Gasteiger partial charge in [0.2, 0.25) is 0 Å². The number of rotatable bonds is 5. The summed E-state index contributed by atoms with van der Waals surface area (Å²) >= 11 is 0. The molecule has 1 aromatic carbocycles. The summed E-state index contributed by atoms with van der Waals surface area (Å²) < 4.78 is 0. The van der Waals surface area contributed by atoms with Crippen LogP contribution in [0.5, 0.6) is 0 Å². The SMILES string of the molecule is CC(CN(C)C1CCC(C)(C)CC1)C(N)c1ccccc1. The van der Waals surface area contributed by atoms with Crippen LogP contribution in [0.25, 0.3) is 0 Å². The van der Waals surface area contributed by atoms with Gasteiger partial charge in [-0.3, -0.25) is 0 Å². The zero-order valence-electron chi connectivity index (χ0n) is 14.2. The third-order valence-corrected chi connectivity index (χ3v) is 5.31. The summed E-state index contributed by atoms with van der Waals surface area (Å²) in [5, 5.41) is 0. The van der Waals surface area contributed by atoms with Crippen molar-refractivity contribution in [2.24, 2.45) is 17.1 Å². The van der Waals surface area contributed by atoms with Crippen molar-refractivity contribution in [3.63, 3.8) is 0 Å². The van der Waals surface area contributed by atoms with E-state index in [9.17, 15) is 0 Å². The van der Waals surface area contributed by atoms with Crippen molar-refractivity contribution in [3.05, 3.63) is 35.9 Å². The monoisotopic (exact) mass is 288 g/mol. The van der Waals surface area contributed by atoms with Gasteiger partial charge < -0.3 is 10.6 Å². The molecule has 2 heteroatoms. The summed E-state index contributed by atoms with van der Waals surface area (Å²) in [5.41, 5.74) is 8.23. The molecule has 0 bridgehead atoms. The van der Waals surface area contributed by atoms with Crippen LogP contribution in [0.2, 0.25) is 0 Å². The number of hydrogen-bond acceptors (Lipinski definition) is 2. The molecule has 0 aromatic heterocycles. The molecule has 0 aliphatic heterocycles. The molecule has 2 atom stereocenters. The van der Waals surface area contributed by atoms with Gasteiger partial charge in [-0.25, -0.2) is 0 Å². The zero-order chi connectivity index (χ0) is 15.5. The van der Waals surface area contributed by atoms with Gasteiger partial charge in [0.25, 0.3) is 0 Å². The second-order valence-corrected chi connectivity index (χ2v) is 7.75. The Bertz CT molecular complexity index is 416. The molecule has 2 nitrogen and oxygen atoms in total. The normalized spacial score (nSPS) is 22.2. The van der Waals surface area contributed by atoms with Gasteiger partial charge in [0.05, 0.1) is 0 Å². The molecule has 1 aromatic rings. The van der Waals surface area contributed by atoms with Gasteiger partial charge in [0, 0.05) is 18.6 Å². The van der Waals surface area contributed by atoms with E-state index in [1.54, 1.807) is 0 Å². The maximum atomic E-state index is 6.43. The molecule has 0 saturated heterocycles. The first-order valence-corrected chi connectivity index (χ1v) is 8.40. The molecule has 118 valence electrons. The van der Waals surface area contributed by atoms with Crippen molar-refractivity contribution in [2.75, 3.05) is 13.6 Å². The van der Waals surface area contributed by atoms with Crippen molar-refractivity contribution in [1.82, 2.24) is 4.90 Å². The predicted octanol–water partition coefficient (Wildman–Crippen LogP) is 4.22. The van der Waals surface area contributed by atoms with E-state index in [-0.39, 0.29) is 6.04 Å². The van der Waals surface area contributed by atoms with E-state index in [1.165, 1.54) is 31.2 Å². The Balaban J connectivity index is 1.86. The summed E-state index contributed by atoms with van der Waals surface area (Å²) in [5.74, 6) is 0.479. The molecule has 1 saturated carbocycles. The molecule has 0 radical (unpaired) electrons. The number of nitrogens with two attached hydrogens (primary N) is 1. The first-order chi connectivity index (χ1) is 9.89. The quantitative estimate of drug-likeness (QED) is 0.879. The minimum Gasteiger partial charge on any atom is -0.324 e. The van der Waals surface area contributed by atoms with Crippen LogP contribution in [0.3, 0.4) is 0 Å². The van der Waals surface area contributed by atoms with Gasteiger partial charge >= 0.3 is 0 Å². The van der Waals surface area contributed by atoms with E-state index < -0.39 is 0 Å². The van der Waals surface area contributed by atoms with Crippen LogP contribution in [0.15, 0.2) is 30.3 Å². The van der Waals surface area contributed by atoms with Crippen molar-refractivity contribution in [3.8, 4) is 0 Å². The molecular weight excluding hydrogens is 256 g/mol.